The van der Waals surface area contributed by atoms with Gasteiger partial charge in [0.05, 0.1) is 25.2 Å². The second kappa shape index (κ2) is 3.91. The molecule has 0 radical (unpaired) electrons. The Labute approximate surface area is 81.8 Å². The Morgan fingerprint density at radius 2 is 1.79 bits per heavy atom. The molecule has 0 spiro atoms. The lowest BCUT2D eigenvalue weighted by Crippen LogP contribution is -2.59. The van der Waals surface area contributed by atoms with E-state index < -0.39 is 5.09 Å². The first-order valence-electron chi connectivity index (χ1n) is 4.61. The molecule has 0 amide bonds. The molecule has 0 N–H and O–H groups in total. The van der Waals surface area contributed by atoms with E-state index in [4.69, 9.17) is 15.3 Å². The molecule has 3 saturated heterocycles. The molecule has 6 heteroatoms. The monoisotopic (exact) mass is 202 g/mol. The van der Waals surface area contributed by atoms with Crippen LogP contribution >= 0.6 is 0 Å². The highest BCUT2D eigenvalue weighted by Gasteiger charge is 2.41. The molecule has 3 rings (SSSR count). The van der Waals surface area contributed by atoms with E-state index in [9.17, 15) is 4.79 Å². The molecule has 0 saturated carbocycles. The quantitative estimate of drug-likeness (QED) is 0.319. The Morgan fingerprint density at radius 3 is 2.00 bits per heavy atom. The van der Waals surface area contributed by atoms with E-state index in [-0.39, 0.29) is 0 Å². The van der Waals surface area contributed by atoms with Crippen molar-refractivity contribution in [3.8, 4) is 0 Å². The van der Waals surface area contributed by atoms with Crippen molar-refractivity contribution in [1.29, 1.82) is 0 Å². The van der Waals surface area contributed by atoms with Crippen molar-refractivity contribution in [3.05, 3.63) is 15.3 Å². The van der Waals surface area contributed by atoms with Gasteiger partial charge in [-0.15, -0.1) is 0 Å². The summed E-state index contributed by atoms with van der Waals surface area (Å²) in [6.07, 6.45) is 2.30. The maximum Gasteiger partial charge on any atom is 0.190 e. The van der Waals surface area contributed by atoms with E-state index >= 15 is 0 Å². The molecule has 0 aromatic carbocycles. The molecule has 0 aliphatic carbocycles. The number of nitrogens with zero attached hydrogens (tertiary/aromatic N) is 2. The average Bonchev–Trinajstić information content (AvgIpc) is 2.02. The summed E-state index contributed by atoms with van der Waals surface area (Å²) >= 11 is 0. The number of hydrogen-bond donors (Lipinski definition) is 0. The second-order valence-electron chi connectivity index (χ2n) is 4.19. The number of piperidine rings is 3. The lowest BCUT2D eigenvalue weighted by molar-refractivity contribution is -0.912. The van der Waals surface area contributed by atoms with Gasteiger partial charge in [-0.1, -0.05) is 0 Å². The Morgan fingerprint density at radius 1 is 1.36 bits per heavy atom. The van der Waals surface area contributed by atoms with Gasteiger partial charge < -0.3 is 19.8 Å². The molecule has 3 aliphatic rings. The smallest absolute Gasteiger partial charge is 0.190 e. The van der Waals surface area contributed by atoms with Gasteiger partial charge in [-0.25, -0.2) is 0 Å². The third kappa shape index (κ3) is 2.66. The lowest BCUT2D eigenvalue weighted by atomic mass is 9.85. The summed E-state index contributed by atoms with van der Waals surface area (Å²) < 4.78 is 1.02. The summed E-state index contributed by atoms with van der Waals surface area (Å²) in [5, 5.41) is 14.8. The molecule has 0 aromatic rings. The molecule has 6 nitrogen and oxygen atoms in total. The maximum atomic E-state index is 11.2. The van der Waals surface area contributed by atoms with Crippen LogP contribution in [0, 0.1) is 21.2 Å². The number of rotatable bonds is 0. The van der Waals surface area contributed by atoms with E-state index in [1.807, 2.05) is 0 Å². The summed E-state index contributed by atoms with van der Waals surface area (Å²) in [6.45, 7) is 3.28. The largest absolute Gasteiger partial charge is 0.356 e. The molecular weight excluding hydrogens is 188 g/mol. The zero-order valence-electron chi connectivity index (χ0n) is 8.14. The fraction of sp³-hybridized carbons (Fsp3) is 0.875. The molecule has 3 fully saturated rings. The fourth-order valence-electron chi connectivity index (χ4n) is 2.18. The normalized spacial score (nSPS) is 34.6. The third-order valence-corrected chi connectivity index (χ3v) is 3.03. The van der Waals surface area contributed by atoms with Crippen LogP contribution in [0.2, 0.25) is 0 Å². The van der Waals surface area contributed by atoms with E-state index in [1.54, 1.807) is 0 Å². The lowest BCUT2D eigenvalue weighted by Gasteiger charge is -2.45. The van der Waals surface area contributed by atoms with Gasteiger partial charge in [0, 0.05) is 18.8 Å². The number of quaternary nitrogens is 1. The number of Topliss-reactive ketones (excluding diaryl/α,β-unsaturated/α-hetero) is 1. The SMILES string of the molecule is C[N+]12CCC(CC1)C(=O)C2.O=[N+]([O-])[O-]. The maximum absolute atomic E-state index is 11.2. The first kappa shape index (κ1) is 10.9. The molecular formula is C8H14N2O4. The molecule has 3 aliphatic heterocycles. The van der Waals surface area contributed by atoms with Crippen LogP contribution in [0.3, 0.4) is 0 Å². The van der Waals surface area contributed by atoms with Gasteiger partial charge in [0.25, 0.3) is 0 Å². The highest BCUT2D eigenvalue weighted by atomic mass is 16.9. The van der Waals surface area contributed by atoms with Crippen molar-refractivity contribution in [1.82, 2.24) is 0 Å². The Kier molecular flexibility index (Phi) is 3.05. The van der Waals surface area contributed by atoms with Gasteiger partial charge in [0.2, 0.25) is 0 Å². The third-order valence-electron chi connectivity index (χ3n) is 3.03. The highest BCUT2D eigenvalue weighted by molar-refractivity contribution is 5.83. The molecule has 0 aromatic heterocycles. The molecule has 2 bridgehead atoms. The minimum atomic E-state index is -1.75. The Balaban J connectivity index is 0.000000213. The van der Waals surface area contributed by atoms with Gasteiger partial charge in [0.1, 0.15) is 6.54 Å². The number of fused-ring (bicyclic) bond motifs is 3. The van der Waals surface area contributed by atoms with Crippen molar-refractivity contribution in [2.45, 2.75) is 12.8 Å². The van der Waals surface area contributed by atoms with Gasteiger partial charge in [-0.05, 0) is 0 Å². The molecule has 0 atom stereocenters. The highest BCUT2D eigenvalue weighted by Crippen LogP contribution is 2.28. The van der Waals surface area contributed by atoms with Crippen molar-refractivity contribution in [2.24, 2.45) is 5.92 Å². The minimum Gasteiger partial charge on any atom is -0.356 e. The summed E-state index contributed by atoms with van der Waals surface area (Å²) in [5.74, 6) is 0.958. The Hall–Kier alpha value is -1.17. The number of hydrogen-bond acceptors (Lipinski definition) is 4. The van der Waals surface area contributed by atoms with E-state index in [2.05, 4.69) is 7.05 Å². The fourth-order valence-corrected chi connectivity index (χ4v) is 2.18. The predicted octanol–water partition coefficient (Wildman–Crippen LogP) is 0.187. The van der Waals surface area contributed by atoms with Crippen molar-refractivity contribution >= 4 is 5.78 Å². The summed E-state index contributed by atoms with van der Waals surface area (Å²) in [5.41, 5.74) is 0. The van der Waals surface area contributed by atoms with Crippen LogP contribution in [-0.2, 0) is 4.79 Å². The Bertz CT molecular complexity index is 242. The standard InChI is InChI=1S/C8H14NO.NO3/c1-9-4-2-7(3-5-9)8(10)6-9;2-1(3)4/h7H,2-6H2,1H3;/q+1;-1. The second-order valence-corrected chi connectivity index (χ2v) is 4.19. The minimum absolute atomic E-state index is 0.444. The molecule has 14 heavy (non-hydrogen) atoms. The van der Waals surface area contributed by atoms with Crippen molar-refractivity contribution in [3.63, 3.8) is 0 Å². The first-order chi connectivity index (χ1) is 6.43. The number of carbonyl (C=O) groups is 1. The van der Waals surface area contributed by atoms with E-state index in [0.717, 1.165) is 23.9 Å². The number of likely N-dealkylation sites (N-methyl/N-ethyl adjacent to an activating group) is 1. The van der Waals surface area contributed by atoms with Gasteiger partial charge >= 0.3 is 0 Å². The van der Waals surface area contributed by atoms with Crippen LogP contribution in [0.5, 0.6) is 0 Å². The van der Waals surface area contributed by atoms with Crippen LogP contribution in [0.15, 0.2) is 0 Å². The van der Waals surface area contributed by atoms with E-state index in [0.29, 0.717) is 11.7 Å². The summed E-state index contributed by atoms with van der Waals surface area (Å²) in [6, 6.07) is 0. The van der Waals surface area contributed by atoms with Crippen LogP contribution in [-0.4, -0.2) is 42.0 Å². The topological polar surface area (TPSA) is 83.3 Å². The van der Waals surface area contributed by atoms with Crippen LogP contribution < -0.4 is 0 Å². The summed E-state index contributed by atoms with van der Waals surface area (Å²) in [4.78, 5) is 19.5. The summed E-state index contributed by atoms with van der Waals surface area (Å²) in [7, 11) is 2.20. The van der Waals surface area contributed by atoms with Crippen molar-refractivity contribution < 1.29 is 14.4 Å². The zero-order chi connectivity index (χ0) is 10.8. The predicted molar refractivity (Wildman–Crippen MR) is 48.9 cm³/mol. The van der Waals surface area contributed by atoms with E-state index in [1.165, 1.54) is 13.1 Å². The number of ketones is 1. The number of carbonyl (C=O) groups excluding carboxylic acids is 1. The van der Waals surface area contributed by atoms with Gasteiger partial charge in [0.15, 0.2) is 5.78 Å². The average molecular weight is 202 g/mol. The zero-order valence-corrected chi connectivity index (χ0v) is 8.14. The van der Waals surface area contributed by atoms with Crippen LogP contribution in [0.4, 0.5) is 0 Å². The molecule has 80 valence electrons. The van der Waals surface area contributed by atoms with Crippen LogP contribution in [0.1, 0.15) is 12.8 Å². The molecule has 3 heterocycles. The van der Waals surface area contributed by atoms with Crippen molar-refractivity contribution in [2.75, 3.05) is 26.7 Å². The van der Waals surface area contributed by atoms with Gasteiger partial charge in [-0.3, -0.25) is 4.79 Å². The molecule has 0 unspecified atom stereocenters. The van der Waals surface area contributed by atoms with Crippen LogP contribution in [0.25, 0.3) is 0 Å². The van der Waals surface area contributed by atoms with Gasteiger partial charge in [-0.2, -0.15) is 0 Å². The first-order valence-corrected chi connectivity index (χ1v) is 4.61.